The molecule has 28 heavy (non-hydrogen) atoms. The molecule has 0 aliphatic rings. The molecule has 0 aromatic carbocycles. The normalized spacial score (nSPS) is 19.0. The van der Waals surface area contributed by atoms with Crippen LogP contribution in [0, 0.1) is 6.92 Å². The summed E-state index contributed by atoms with van der Waals surface area (Å²) in [6.07, 6.45) is 2.05. The van der Waals surface area contributed by atoms with Gasteiger partial charge < -0.3 is 15.5 Å². The van der Waals surface area contributed by atoms with E-state index in [1.807, 2.05) is 0 Å². The second kappa shape index (κ2) is 9.45. The second-order valence-electron chi connectivity index (χ2n) is 5.55. The first kappa shape index (κ1) is 11.3. The van der Waals surface area contributed by atoms with Crippen molar-refractivity contribution in [2.45, 2.75) is 40.5 Å². The minimum atomic E-state index is -3.50. The number of aryl methyl sites for hydroxylation is 1. The average molecular weight is 416 g/mol. The van der Waals surface area contributed by atoms with E-state index in [9.17, 15) is 9.59 Å². The molecule has 1 atom stereocenters. The third kappa shape index (κ3) is 4.75. The second-order valence-corrected chi connectivity index (χ2v) is 6.55. The Bertz CT molecular complexity index is 1160. The molecular weight excluding hydrogens is 378 g/mol. The maximum absolute atomic E-state index is 12.6. The molecule has 2 rings (SSSR count). The smallest absolute Gasteiger partial charge is 0.324 e. The first-order chi connectivity index (χ1) is 17.2. The van der Waals surface area contributed by atoms with E-state index in [0.717, 1.165) is 17.5 Å². The summed E-state index contributed by atoms with van der Waals surface area (Å²) in [6, 6.07) is -1.54. The zero-order chi connectivity index (χ0) is 29.4. The molecule has 0 bridgehead atoms. The Labute approximate surface area is 183 Å². The van der Waals surface area contributed by atoms with Crippen molar-refractivity contribution >= 4 is 34.2 Å². The lowest BCUT2D eigenvalue weighted by molar-refractivity contribution is -0.121. The molecule has 3 N–H and O–H groups in total. The minimum absolute atomic E-state index is 0.0106. The fraction of sp³-hybridized carbons (Fsp3) is 0.500. The van der Waals surface area contributed by atoms with Gasteiger partial charge in [0.05, 0.1) is 23.0 Å². The van der Waals surface area contributed by atoms with Gasteiger partial charge >= 0.3 is 6.03 Å². The molecule has 0 fully saturated rings. The van der Waals surface area contributed by atoms with Crippen LogP contribution in [0.25, 0.3) is 10.6 Å². The predicted octanol–water partition coefficient (Wildman–Crippen LogP) is 2.48. The van der Waals surface area contributed by atoms with E-state index in [0.29, 0.717) is 10.6 Å². The molecule has 0 saturated carbocycles. The molecule has 0 radical (unpaired) electrons. The van der Waals surface area contributed by atoms with Crippen molar-refractivity contribution in [1.29, 1.82) is 0 Å². The zero-order valence-corrected chi connectivity index (χ0v) is 16.3. The van der Waals surface area contributed by atoms with Crippen molar-refractivity contribution in [3.63, 3.8) is 0 Å². The van der Waals surface area contributed by atoms with Crippen LogP contribution in [0.4, 0.5) is 15.7 Å². The molecule has 0 saturated heterocycles. The highest BCUT2D eigenvalue weighted by atomic mass is 32.1. The first-order valence-electron chi connectivity index (χ1n) is 13.1. The van der Waals surface area contributed by atoms with E-state index >= 15 is 0 Å². The van der Waals surface area contributed by atoms with Gasteiger partial charge in [0.1, 0.15) is 17.6 Å². The molecule has 0 aliphatic carbocycles. The maximum Gasteiger partial charge on any atom is 0.324 e. The summed E-state index contributed by atoms with van der Waals surface area (Å²) in [5, 5.41) is 2.64. The number of likely N-dealkylation sites (N-methyl/N-ethyl adjacent to an activating group) is 1. The van der Waals surface area contributed by atoms with Gasteiger partial charge in [-0.3, -0.25) is 15.1 Å². The minimum Gasteiger partial charge on any atom is -0.368 e. The molecule has 2 aromatic rings. The Balaban J connectivity index is 2.55. The monoisotopic (exact) mass is 415 g/mol. The van der Waals surface area contributed by atoms with Gasteiger partial charge in [0, 0.05) is 33.2 Å². The topological polar surface area (TPSA) is 117 Å². The zero-order valence-electron chi connectivity index (χ0n) is 25.5. The fourth-order valence-corrected chi connectivity index (χ4v) is 3.22. The standard InChI is InChI=1S/C18H27N7O2S/c1-6-24(7-2)14-10-20-9-13(22-14)15-11(4)21-17(28-15)23-18(27)25(8-3)12(5)16(19)26/h9-10,12H,6-8H2,1-5H3,(H2,19,26)(H,21,23,27)/t12-/m0/s1/i1D3,2D3,6D2,7D2. The van der Waals surface area contributed by atoms with Crippen LogP contribution >= 0.6 is 11.3 Å². The van der Waals surface area contributed by atoms with Gasteiger partial charge in [-0.1, -0.05) is 11.3 Å². The fourth-order valence-electron chi connectivity index (χ4n) is 2.31. The lowest BCUT2D eigenvalue weighted by atomic mass is 10.3. The molecule has 10 heteroatoms. The number of nitrogens with one attached hydrogen (secondary N) is 1. The van der Waals surface area contributed by atoms with E-state index in [-0.39, 0.29) is 22.3 Å². The Morgan fingerprint density at radius 2 is 2.07 bits per heavy atom. The summed E-state index contributed by atoms with van der Waals surface area (Å²) in [5.74, 6) is -1.39. The van der Waals surface area contributed by atoms with Crippen molar-refractivity contribution < 1.29 is 23.3 Å². The first-order valence-corrected chi connectivity index (χ1v) is 8.95. The van der Waals surface area contributed by atoms with Crippen LogP contribution in [-0.2, 0) is 4.79 Å². The maximum atomic E-state index is 12.6. The van der Waals surface area contributed by atoms with Gasteiger partial charge in [-0.05, 0) is 34.5 Å². The molecule has 152 valence electrons. The number of primary amides is 1. The number of thiazole rings is 1. The number of urea groups is 1. The number of nitrogens with two attached hydrogens (primary N) is 1. The van der Waals surface area contributed by atoms with Crippen molar-refractivity contribution in [2.24, 2.45) is 5.73 Å². The number of anilines is 2. The number of hydrogen-bond acceptors (Lipinski definition) is 7. The van der Waals surface area contributed by atoms with Gasteiger partial charge in [-0.15, -0.1) is 0 Å². The molecular formula is C18H27N7O2S. The van der Waals surface area contributed by atoms with Crippen LogP contribution in [0.2, 0.25) is 0 Å². The number of aromatic nitrogens is 3. The lowest BCUT2D eigenvalue weighted by Gasteiger charge is -2.25. The van der Waals surface area contributed by atoms with Crippen LogP contribution < -0.4 is 16.0 Å². The van der Waals surface area contributed by atoms with E-state index < -0.39 is 50.5 Å². The molecule has 0 spiro atoms. The number of carbonyl (C=O) groups excluding carboxylic acids is 2. The molecule has 9 nitrogen and oxygen atoms in total. The van der Waals surface area contributed by atoms with Crippen LogP contribution in [0.15, 0.2) is 12.4 Å². The van der Waals surface area contributed by atoms with Crippen LogP contribution in [0.1, 0.15) is 47.0 Å². The molecule has 2 heterocycles. The summed E-state index contributed by atoms with van der Waals surface area (Å²) in [7, 11) is 0. The molecule has 0 unspecified atom stereocenters. The number of hydrogen-bond donors (Lipinski definition) is 2. The van der Waals surface area contributed by atoms with Gasteiger partial charge in [0.15, 0.2) is 5.13 Å². The number of amides is 3. The van der Waals surface area contributed by atoms with Gasteiger partial charge in [-0.25, -0.2) is 14.8 Å². The van der Waals surface area contributed by atoms with Crippen molar-refractivity contribution in [2.75, 3.05) is 29.8 Å². The van der Waals surface area contributed by atoms with E-state index in [1.54, 1.807) is 13.8 Å². The Morgan fingerprint density at radius 1 is 1.36 bits per heavy atom. The highest BCUT2D eigenvalue weighted by Crippen LogP contribution is 2.32. The average Bonchev–Trinajstić information content (AvgIpc) is 3.12. The Hall–Kier alpha value is -2.75. The van der Waals surface area contributed by atoms with E-state index in [4.69, 9.17) is 19.4 Å². The Morgan fingerprint density at radius 3 is 2.68 bits per heavy atom. The molecule has 0 aliphatic heterocycles. The summed E-state index contributed by atoms with van der Waals surface area (Å²) < 4.78 is 77.8. The van der Waals surface area contributed by atoms with Crippen LogP contribution in [0.3, 0.4) is 0 Å². The van der Waals surface area contributed by atoms with Crippen molar-refractivity contribution in [3.05, 3.63) is 18.1 Å². The lowest BCUT2D eigenvalue weighted by Crippen LogP contribution is -2.47. The summed E-state index contributed by atoms with van der Waals surface area (Å²) in [5.41, 5.74) is 5.60. The largest absolute Gasteiger partial charge is 0.368 e. The highest BCUT2D eigenvalue weighted by Gasteiger charge is 2.24. The van der Waals surface area contributed by atoms with E-state index in [2.05, 4.69) is 20.3 Å². The molecule has 2 aromatic heterocycles. The number of rotatable bonds is 8. The molecule has 3 amide bonds. The third-order valence-electron chi connectivity index (χ3n) is 3.80. The summed E-state index contributed by atoms with van der Waals surface area (Å²) in [6.45, 7) is -9.08. The van der Waals surface area contributed by atoms with Crippen molar-refractivity contribution in [1.82, 2.24) is 19.9 Å². The van der Waals surface area contributed by atoms with E-state index in [1.165, 1.54) is 18.0 Å². The van der Waals surface area contributed by atoms with Crippen molar-refractivity contribution in [3.8, 4) is 10.6 Å². The SMILES string of the molecule is [2H]C([2H])([2H])C([2H])([2H])N(c1cncc(-c2sc(NC(=O)N(CC)[C@@H](C)C(N)=O)nc2C)n1)C([2H])([2H])C([2H])([2H])[2H]. The number of nitrogens with zero attached hydrogens (tertiary/aromatic N) is 5. The quantitative estimate of drug-likeness (QED) is 0.684. The van der Waals surface area contributed by atoms with Gasteiger partial charge in [-0.2, -0.15) is 0 Å². The Kier molecular flexibility index (Phi) is 3.81. The highest BCUT2D eigenvalue weighted by molar-refractivity contribution is 7.19. The van der Waals surface area contributed by atoms with Crippen LogP contribution in [0.5, 0.6) is 0 Å². The van der Waals surface area contributed by atoms with Gasteiger partial charge in [0.25, 0.3) is 0 Å². The summed E-state index contributed by atoms with van der Waals surface area (Å²) in [4.78, 5) is 37.8. The van der Waals surface area contributed by atoms with Gasteiger partial charge in [0.2, 0.25) is 5.91 Å². The number of carbonyl (C=O) groups is 2. The summed E-state index contributed by atoms with van der Waals surface area (Å²) >= 11 is 0.919. The third-order valence-corrected chi connectivity index (χ3v) is 4.89. The van der Waals surface area contributed by atoms with Crippen LogP contribution in [-0.4, -0.2) is 57.4 Å². The predicted molar refractivity (Wildman–Crippen MR) is 111 cm³/mol.